The van der Waals surface area contributed by atoms with Crippen molar-refractivity contribution in [2.75, 3.05) is 0 Å². The first-order valence-corrected chi connectivity index (χ1v) is 7.08. The van der Waals surface area contributed by atoms with Crippen LogP contribution in [0.1, 0.15) is 50.2 Å². The molecule has 0 bridgehead atoms. The molecule has 0 nitrogen and oxygen atoms in total. The van der Waals surface area contributed by atoms with E-state index in [1.165, 1.54) is 29.2 Å². The fourth-order valence-electron chi connectivity index (χ4n) is 3.33. The molecule has 0 heterocycles. The molecule has 1 atom stereocenters. The highest BCUT2D eigenvalue weighted by Gasteiger charge is 2.27. The monoisotopic (exact) mass is 236 g/mol. The van der Waals surface area contributed by atoms with Gasteiger partial charge in [-0.25, -0.2) is 0 Å². The first kappa shape index (κ1) is 11.5. The minimum Gasteiger partial charge on any atom is -0.0803 e. The Morgan fingerprint density at radius 2 is 1.83 bits per heavy atom. The van der Waals surface area contributed by atoms with Crippen LogP contribution in [0.2, 0.25) is 0 Å². The van der Waals surface area contributed by atoms with Gasteiger partial charge < -0.3 is 0 Å². The summed E-state index contributed by atoms with van der Waals surface area (Å²) in [5.41, 5.74) is 4.58. The van der Waals surface area contributed by atoms with Gasteiger partial charge in [0, 0.05) is 5.92 Å². The van der Waals surface area contributed by atoms with Crippen LogP contribution in [0, 0.1) is 0 Å². The Bertz CT molecular complexity index is 599. The van der Waals surface area contributed by atoms with E-state index in [1.807, 2.05) is 0 Å². The summed E-state index contributed by atoms with van der Waals surface area (Å²) in [6.45, 7) is 4.52. The molecule has 0 spiro atoms. The fourth-order valence-corrected chi connectivity index (χ4v) is 3.33. The molecule has 0 amide bonds. The molecule has 1 aliphatic carbocycles. The SMILES string of the molecule is CC/C=C1\c2cccc3cccc(c23)C1CCC. The average molecular weight is 236 g/mol. The van der Waals surface area contributed by atoms with Crippen molar-refractivity contribution in [3.05, 3.63) is 53.6 Å². The van der Waals surface area contributed by atoms with E-state index < -0.39 is 0 Å². The van der Waals surface area contributed by atoms with Gasteiger partial charge in [-0.1, -0.05) is 62.7 Å². The molecule has 18 heavy (non-hydrogen) atoms. The fraction of sp³-hybridized carbons (Fsp3) is 0.333. The zero-order chi connectivity index (χ0) is 12.5. The Morgan fingerprint density at radius 1 is 1.06 bits per heavy atom. The molecule has 0 aliphatic heterocycles. The molecule has 0 aromatic heterocycles. The highest BCUT2D eigenvalue weighted by Crippen LogP contribution is 2.48. The van der Waals surface area contributed by atoms with Gasteiger partial charge in [0.1, 0.15) is 0 Å². The van der Waals surface area contributed by atoms with Crippen LogP contribution >= 0.6 is 0 Å². The molecule has 2 aromatic rings. The minimum absolute atomic E-state index is 0.621. The Morgan fingerprint density at radius 3 is 2.56 bits per heavy atom. The van der Waals surface area contributed by atoms with E-state index in [0.29, 0.717) is 5.92 Å². The van der Waals surface area contributed by atoms with E-state index in [4.69, 9.17) is 0 Å². The van der Waals surface area contributed by atoms with Crippen LogP contribution in [-0.4, -0.2) is 0 Å². The maximum absolute atomic E-state index is 2.43. The molecule has 92 valence electrons. The van der Waals surface area contributed by atoms with Crippen LogP contribution in [0.3, 0.4) is 0 Å². The largest absolute Gasteiger partial charge is 0.0803 e. The van der Waals surface area contributed by atoms with Crippen molar-refractivity contribution >= 4 is 16.3 Å². The molecule has 2 aromatic carbocycles. The lowest BCUT2D eigenvalue weighted by molar-refractivity contribution is 0.741. The van der Waals surface area contributed by atoms with Crippen molar-refractivity contribution in [1.82, 2.24) is 0 Å². The zero-order valence-corrected chi connectivity index (χ0v) is 11.2. The smallest absolute Gasteiger partial charge is 0.00986 e. The maximum Gasteiger partial charge on any atom is 0.00986 e. The van der Waals surface area contributed by atoms with Crippen molar-refractivity contribution in [1.29, 1.82) is 0 Å². The summed E-state index contributed by atoms with van der Waals surface area (Å²) < 4.78 is 0. The minimum atomic E-state index is 0.621. The molecule has 0 fully saturated rings. The number of hydrogen-bond donors (Lipinski definition) is 0. The van der Waals surface area contributed by atoms with Gasteiger partial charge in [0.05, 0.1) is 0 Å². The van der Waals surface area contributed by atoms with Gasteiger partial charge in [0.15, 0.2) is 0 Å². The quantitative estimate of drug-likeness (QED) is 0.657. The van der Waals surface area contributed by atoms with E-state index in [-0.39, 0.29) is 0 Å². The summed E-state index contributed by atoms with van der Waals surface area (Å²) in [4.78, 5) is 0. The lowest BCUT2D eigenvalue weighted by Gasteiger charge is -2.13. The molecule has 0 saturated heterocycles. The standard InChI is InChI=1S/C18H20/c1-3-7-14-15(8-4-2)17-12-6-10-13-9-5-11-16(14)18(13)17/h5-7,9-12,15H,3-4,8H2,1-2H3/b14-7-. The topological polar surface area (TPSA) is 0 Å². The highest BCUT2D eigenvalue weighted by atomic mass is 14.3. The summed E-state index contributed by atoms with van der Waals surface area (Å²) in [5, 5.41) is 2.89. The first-order valence-electron chi connectivity index (χ1n) is 7.08. The molecule has 0 N–H and O–H groups in total. The summed E-state index contributed by atoms with van der Waals surface area (Å²) in [7, 11) is 0. The van der Waals surface area contributed by atoms with Gasteiger partial charge in [0.25, 0.3) is 0 Å². The van der Waals surface area contributed by atoms with Crippen LogP contribution in [0.15, 0.2) is 42.5 Å². The Labute approximate surface area is 109 Å². The van der Waals surface area contributed by atoms with Crippen molar-refractivity contribution in [3.8, 4) is 0 Å². The molecule has 3 rings (SSSR count). The van der Waals surface area contributed by atoms with Crippen LogP contribution < -0.4 is 0 Å². The summed E-state index contributed by atoms with van der Waals surface area (Å²) in [6.07, 6.45) is 6.06. The molecule has 0 saturated carbocycles. The highest BCUT2D eigenvalue weighted by molar-refractivity contribution is 6.03. The van der Waals surface area contributed by atoms with Crippen LogP contribution in [0.25, 0.3) is 16.3 Å². The molecular weight excluding hydrogens is 216 g/mol. The van der Waals surface area contributed by atoms with Crippen molar-refractivity contribution < 1.29 is 0 Å². The van der Waals surface area contributed by atoms with E-state index in [0.717, 1.165) is 6.42 Å². The third-order valence-electron chi connectivity index (χ3n) is 4.00. The van der Waals surface area contributed by atoms with Gasteiger partial charge in [-0.05, 0) is 40.3 Å². The van der Waals surface area contributed by atoms with Gasteiger partial charge in [0.2, 0.25) is 0 Å². The maximum atomic E-state index is 2.43. The third kappa shape index (κ3) is 1.59. The lowest BCUT2D eigenvalue weighted by atomic mass is 9.91. The van der Waals surface area contributed by atoms with Crippen molar-refractivity contribution in [3.63, 3.8) is 0 Å². The molecule has 0 radical (unpaired) electrons. The number of allylic oxidation sites excluding steroid dienone is 2. The Balaban J connectivity index is 2.28. The van der Waals surface area contributed by atoms with E-state index in [1.54, 1.807) is 11.1 Å². The second-order valence-electron chi connectivity index (χ2n) is 5.16. The predicted octanol–water partition coefficient (Wildman–Crippen LogP) is 5.53. The molecule has 1 aliphatic rings. The summed E-state index contributed by atoms with van der Waals surface area (Å²) in [6, 6.07) is 13.5. The van der Waals surface area contributed by atoms with Gasteiger partial charge in [-0.15, -0.1) is 0 Å². The zero-order valence-electron chi connectivity index (χ0n) is 11.2. The predicted molar refractivity (Wildman–Crippen MR) is 79.9 cm³/mol. The number of hydrogen-bond acceptors (Lipinski definition) is 0. The summed E-state index contributed by atoms with van der Waals surface area (Å²) >= 11 is 0. The summed E-state index contributed by atoms with van der Waals surface area (Å²) in [5.74, 6) is 0.621. The van der Waals surface area contributed by atoms with E-state index in [9.17, 15) is 0 Å². The van der Waals surface area contributed by atoms with Gasteiger partial charge in [-0.3, -0.25) is 0 Å². The molecular formula is C18H20. The van der Waals surface area contributed by atoms with Gasteiger partial charge >= 0.3 is 0 Å². The van der Waals surface area contributed by atoms with Crippen molar-refractivity contribution in [2.45, 2.75) is 39.0 Å². The first-order chi connectivity index (χ1) is 8.86. The number of rotatable bonds is 3. The third-order valence-corrected chi connectivity index (χ3v) is 4.00. The Kier molecular flexibility index (Phi) is 2.95. The van der Waals surface area contributed by atoms with Crippen LogP contribution in [0.4, 0.5) is 0 Å². The van der Waals surface area contributed by atoms with Gasteiger partial charge in [-0.2, -0.15) is 0 Å². The lowest BCUT2D eigenvalue weighted by Crippen LogP contribution is -1.95. The van der Waals surface area contributed by atoms with Crippen LogP contribution in [-0.2, 0) is 0 Å². The Hall–Kier alpha value is -1.56. The second kappa shape index (κ2) is 4.61. The van der Waals surface area contributed by atoms with E-state index in [2.05, 4.69) is 56.3 Å². The normalized spacial score (nSPS) is 19.9. The average Bonchev–Trinajstić information content (AvgIpc) is 2.69. The molecule has 1 unspecified atom stereocenters. The van der Waals surface area contributed by atoms with Crippen molar-refractivity contribution in [2.24, 2.45) is 0 Å². The van der Waals surface area contributed by atoms with Crippen LogP contribution in [0.5, 0.6) is 0 Å². The second-order valence-corrected chi connectivity index (χ2v) is 5.16. The molecule has 0 heteroatoms. The number of benzene rings is 2. The van der Waals surface area contributed by atoms with E-state index >= 15 is 0 Å².